The lowest BCUT2D eigenvalue weighted by Gasteiger charge is -2.17. The van der Waals surface area contributed by atoms with Gasteiger partial charge in [0.2, 0.25) is 0 Å². The number of urea groups is 1. The number of hydrogen-bond donors (Lipinski definition) is 1. The molecule has 0 saturated heterocycles. The summed E-state index contributed by atoms with van der Waals surface area (Å²) in [6, 6.07) is 3.02. The molecule has 1 aromatic carbocycles. The highest BCUT2D eigenvalue weighted by molar-refractivity contribution is 5.73. The first-order valence-corrected chi connectivity index (χ1v) is 7.00. The third kappa shape index (κ3) is 4.94. The van der Waals surface area contributed by atoms with E-state index in [2.05, 4.69) is 10.4 Å². The number of rotatable bonds is 6. The average Bonchev–Trinajstić information content (AvgIpc) is 2.92. The van der Waals surface area contributed by atoms with Crippen LogP contribution in [0.4, 0.5) is 13.6 Å². The van der Waals surface area contributed by atoms with Crippen LogP contribution in [-0.4, -0.2) is 40.9 Å². The number of carbonyl (C=O) groups is 1. The summed E-state index contributed by atoms with van der Waals surface area (Å²) in [5.41, 5.74) is 0.920. The maximum atomic E-state index is 13.0. The Bertz CT molecular complexity index is 675. The first-order chi connectivity index (χ1) is 11.0. The van der Waals surface area contributed by atoms with Crippen molar-refractivity contribution in [3.63, 3.8) is 0 Å². The van der Waals surface area contributed by atoms with E-state index >= 15 is 0 Å². The fraction of sp³-hybridized carbons (Fsp3) is 0.333. The summed E-state index contributed by atoms with van der Waals surface area (Å²) in [7, 11) is 3.47. The number of amides is 2. The summed E-state index contributed by atoms with van der Waals surface area (Å²) in [4.78, 5) is 13.4. The number of halogens is 2. The second-order valence-electron chi connectivity index (χ2n) is 5.03. The zero-order chi connectivity index (χ0) is 16.8. The van der Waals surface area contributed by atoms with Crippen molar-refractivity contribution in [3.05, 3.63) is 47.8 Å². The van der Waals surface area contributed by atoms with Gasteiger partial charge in [-0.15, -0.1) is 0 Å². The molecule has 0 aliphatic rings. The number of hydrogen-bond acceptors (Lipinski definition) is 3. The van der Waals surface area contributed by atoms with Crippen LogP contribution in [0.15, 0.2) is 30.6 Å². The standard InChI is InChI=1S/C15H18F2N4O2/c1-20(9-11-8-19-21(2)10-11)15(22)18-5-6-23-12-3-4-13(16)14(17)7-12/h3-4,7-8,10H,5-6,9H2,1-2H3,(H,18,22). The van der Waals surface area contributed by atoms with Crippen LogP contribution in [0.25, 0.3) is 0 Å². The van der Waals surface area contributed by atoms with Gasteiger partial charge >= 0.3 is 6.03 Å². The Kier molecular flexibility index (Phi) is 5.51. The van der Waals surface area contributed by atoms with E-state index in [1.165, 1.54) is 11.0 Å². The van der Waals surface area contributed by atoms with E-state index in [-0.39, 0.29) is 24.9 Å². The van der Waals surface area contributed by atoms with Gasteiger partial charge in [-0.3, -0.25) is 4.68 Å². The summed E-state index contributed by atoms with van der Waals surface area (Å²) >= 11 is 0. The van der Waals surface area contributed by atoms with Crippen molar-refractivity contribution in [2.75, 3.05) is 20.2 Å². The SMILES string of the molecule is CN(Cc1cnn(C)c1)C(=O)NCCOc1ccc(F)c(F)c1. The first-order valence-electron chi connectivity index (χ1n) is 7.00. The molecule has 124 valence electrons. The molecule has 1 aromatic heterocycles. The lowest BCUT2D eigenvalue weighted by atomic mass is 10.3. The first kappa shape index (κ1) is 16.7. The highest BCUT2D eigenvalue weighted by atomic mass is 19.2. The van der Waals surface area contributed by atoms with Crippen LogP contribution in [0.5, 0.6) is 5.75 Å². The quantitative estimate of drug-likeness (QED) is 0.826. The van der Waals surface area contributed by atoms with Gasteiger partial charge in [0, 0.05) is 31.9 Å². The van der Waals surface area contributed by atoms with Crippen molar-refractivity contribution in [2.45, 2.75) is 6.54 Å². The summed E-state index contributed by atoms with van der Waals surface area (Å²) in [5.74, 6) is -1.69. The van der Waals surface area contributed by atoms with Crippen molar-refractivity contribution in [1.29, 1.82) is 0 Å². The fourth-order valence-corrected chi connectivity index (χ4v) is 1.93. The van der Waals surface area contributed by atoms with E-state index in [4.69, 9.17) is 4.74 Å². The third-order valence-electron chi connectivity index (χ3n) is 3.06. The number of nitrogens with zero attached hydrogens (tertiary/aromatic N) is 3. The minimum absolute atomic E-state index is 0.150. The molecule has 2 amide bonds. The molecule has 6 nitrogen and oxygen atoms in total. The van der Waals surface area contributed by atoms with Gasteiger partial charge in [0.1, 0.15) is 12.4 Å². The summed E-state index contributed by atoms with van der Waals surface area (Å²) in [5, 5.41) is 6.70. The zero-order valence-corrected chi connectivity index (χ0v) is 12.9. The molecule has 0 fully saturated rings. The van der Waals surface area contributed by atoms with Crippen LogP contribution in [-0.2, 0) is 13.6 Å². The van der Waals surface area contributed by atoms with Crippen molar-refractivity contribution >= 4 is 6.03 Å². The Morgan fingerprint density at radius 2 is 2.17 bits per heavy atom. The lowest BCUT2D eigenvalue weighted by molar-refractivity contribution is 0.203. The lowest BCUT2D eigenvalue weighted by Crippen LogP contribution is -2.38. The average molecular weight is 324 g/mol. The molecule has 0 aliphatic heterocycles. The van der Waals surface area contributed by atoms with E-state index in [0.29, 0.717) is 6.54 Å². The summed E-state index contributed by atoms with van der Waals surface area (Å²) in [6.07, 6.45) is 3.52. The van der Waals surface area contributed by atoms with Gasteiger partial charge in [0.05, 0.1) is 19.3 Å². The van der Waals surface area contributed by atoms with Crippen LogP contribution in [0.3, 0.4) is 0 Å². The fourth-order valence-electron chi connectivity index (χ4n) is 1.93. The predicted octanol–water partition coefficient (Wildman–Crippen LogP) is 1.92. The van der Waals surface area contributed by atoms with Gasteiger partial charge in [0.15, 0.2) is 11.6 Å². The molecule has 0 atom stereocenters. The Morgan fingerprint density at radius 1 is 1.39 bits per heavy atom. The molecule has 0 bridgehead atoms. The Balaban J connectivity index is 1.70. The van der Waals surface area contributed by atoms with Gasteiger partial charge in [-0.2, -0.15) is 5.10 Å². The highest BCUT2D eigenvalue weighted by Gasteiger charge is 2.09. The maximum absolute atomic E-state index is 13.0. The second kappa shape index (κ2) is 7.57. The molecule has 8 heteroatoms. The second-order valence-corrected chi connectivity index (χ2v) is 5.03. The van der Waals surface area contributed by atoms with Crippen LogP contribution < -0.4 is 10.1 Å². The van der Waals surface area contributed by atoms with Crippen LogP contribution in [0.2, 0.25) is 0 Å². The number of aryl methyl sites for hydroxylation is 1. The van der Waals surface area contributed by atoms with Crippen molar-refractivity contribution in [2.24, 2.45) is 7.05 Å². The largest absolute Gasteiger partial charge is 0.492 e. The van der Waals surface area contributed by atoms with E-state index in [1.807, 2.05) is 6.20 Å². The molecule has 1 heterocycles. The number of aromatic nitrogens is 2. The Labute approximate surface area is 132 Å². The van der Waals surface area contributed by atoms with E-state index in [1.54, 1.807) is 25.0 Å². The predicted molar refractivity (Wildman–Crippen MR) is 79.9 cm³/mol. The van der Waals surface area contributed by atoms with Crippen molar-refractivity contribution in [3.8, 4) is 5.75 Å². The number of carbonyl (C=O) groups excluding carboxylic acids is 1. The molecule has 23 heavy (non-hydrogen) atoms. The Morgan fingerprint density at radius 3 is 2.83 bits per heavy atom. The number of ether oxygens (including phenoxy) is 1. The third-order valence-corrected chi connectivity index (χ3v) is 3.06. The topological polar surface area (TPSA) is 59.4 Å². The van der Waals surface area contributed by atoms with E-state index in [0.717, 1.165) is 17.7 Å². The Hall–Kier alpha value is -2.64. The molecule has 0 aliphatic carbocycles. The van der Waals surface area contributed by atoms with E-state index in [9.17, 15) is 13.6 Å². The van der Waals surface area contributed by atoms with Crippen LogP contribution in [0.1, 0.15) is 5.56 Å². The van der Waals surface area contributed by atoms with E-state index < -0.39 is 11.6 Å². The van der Waals surface area contributed by atoms with Gasteiger partial charge < -0.3 is 15.0 Å². The van der Waals surface area contributed by atoms with Gasteiger partial charge in [-0.05, 0) is 12.1 Å². The summed E-state index contributed by atoms with van der Waals surface area (Å²) < 4.78 is 32.7. The van der Waals surface area contributed by atoms with Crippen LogP contribution >= 0.6 is 0 Å². The monoisotopic (exact) mass is 324 g/mol. The zero-order valence-electron chi connectivity index (χ0n) is 12.9. The molecule has 2 aromatic rings. The maximum Gasteiger partial charge on any atom is 0.317 e. The molecule has 0 spiro atoms. The molecule has 0 saturated carbocycles. The molecule has 0 radical (unpaired) electrons. The normalized spacial score (nSPS) is 10.4. The molecular weight excluding hydrogens is 306 g/mol. The molecule has 2 rings (SSSR count). The summed E-state index contributed by atoms with van der Waals surface area (Å²) in [6.45, 7) is 0.830. The van der Waals surface area contributed by atoms with Gasteiger partial charge in [0.25, 0.3) is 0 Å². The minimum Gasteiger partial charge on any atom is -0.492 e. The van der Waals surface area contributed by atoms with Crippen LogP contribution in [0, 0.1) is 11.6 Å². The molecular formula is C15H18F2N4O2. The van der Waals surface area contributed by atoms with Gasteiger partial charge in [-0.25, -0.2) is 13.6 Å². The van der Waals surface area contributed by atoms with Crippen molar-refractivity contribution < 1.29 is 18.3 Å². The minimum atomic E-state index is -0.970. The highest BCUT2D eigenvalue weighted by Crippen LogP contribution is 2.14. The number of benzene rings is 1. The number of nitrogens with one attached hydrogen (secondary N) is 1. The smallest absolute Gasteiger partial charge is 0.317 e. The molecule has 1 N–H and O–H groups in total. The van der Waals surface area contributed by atoms with Gasteiger partial charge in [-0.1, -0.05) is 0 Å². The van der Waals surface area contributed by atoms with Crippen molar-refractivity contribution in [1.82, 2.24) is 20.0 Å². The molecule has 0 unspecified atom stereocenters.